The first-order valence-electron chi connectivity index (χ1n) is 8.97. The fraction of sp³-hybridized carbons (Fsp3) is 0.238. The van der Waals surface area contributed by atoms with Gasteiger partial charge in [0.05, 0.1) is 10.7 Å². The van der Waals surface area contributed by atoms with Crippen molar-refractivity contribution in [2.45, 2.75) is 26.5 Å². The van der Waals surface area contributed by atoms with Crippen molar-refractivity contribution in [3.63, 3.8) is 0 Å². The number of benzene rings is 2. The molecule has 7 heteroatoms. The van der Waals surface area contributed by atoms with Crippen molar-refractivity contribution < 1.29 is 9.53 Å². The Balaban J connectivity index is 1.50. The van der Waals surface area contributed by atoms with Crippen molar-refractivity contribution in [1.29, 1.82) is 0 Å². The number of carbonyl (C=O) groups is 1. The Kier molecular flexibility index (Phi) is 6.95. The lowest BCUT2D eigenvalue weighted by Crippen LogP contribution is -2.25. The summed E-state index contributed by atoms with van der Waals surface area (Å²) < 4.78 is 7.61. The van der Waals surface area contributed by atoms with Crippen LogP contribution >= 0.6 is 23.2 Å². The summed E-state index contributed by atoms with van der Waals surface area (Å²) in [7, 11) is 0. The molecule has 28 heavy (non-hydrogen) atoms. The van der Waals surface area contributed by atoms with E-state index in [-0.39, 0.29) is 5.91 Å². The van der Waals surface area contributed by atoms with Gasteiger partial charge in [-0.05, 0) is 49.2 Å². The van der Waals surface area contributed by atoms with Gasteiger partial charge in [-0.3, -0.25) is 9.48 Å². The molecule has 1 N–H and O–H groups in total. The first kappa shape index (κ1) is 20.2. The number of aryl methyl sites for hydroxylation is 2. The maximum Gasteiger partial charge on any atom is 0.251 e. The largest absolute Gasteiger partial charge is 0.487 e. The number of carbonyl (C=O) groups excluding carboxylic acids is 1. The van der Waals surface area contributed by atoms with E-state index >= 15 is 0 Å². The van der Waals surface area contributed by atoms with E-state index in [1.807, 2.05) is 42.1 Å². The fourth-order valence-electron chi connectivity index (χ4n) is 2.69. The number of rotatable bonds is 8. The Labute approximate surface area is 174 Å². The third kappa shape index (κ3) is 5.50. The summed E-state index contributed by atoms with van der Waals surface area (Å²) in [5.74, 6) is 0.400. The summed E-state index contributed by atoms with van der Waals surface area (Å²) in [4.78, 5) is 12.4. The highest BCUT2D eigenvalue weighted by atomic mass is 35.5. The average Bonchev–Trinajstić information content (AvgIpc) is 3.11. The quantitative estimate of drug-likeness (QED) is 0.530. The third-order valence-corrected chi connectivity index (χ3v) is 4.92. The molecule has 0 saturated heterocycles. The minimum absolute atomic E-state index is 0.112. The second-order valence-electron chi connectivity index (χ2n) is 6.37. The van der Waals surface area contributed by atoms with E-state index in [9.17, 15) is 4.79 Å². The minimum Gasteiger partial charge on any atom is -0.487 e. The Morgan fingerprint density at radius 3 is 2.79 bits per heavy atom. The SMILES string of the molecule is Cc1ccn(CCCNC(=O)c2cccc(COc3cccc(Cl)c3Cl)c2)n1. The van der Waals surface area contributed by atoms with E-state index in [1.54, 1.807) is 24.3 Å². The summed E-state index contributed by atoms with van der Waals surface area (Å²) >= 11 is 12.1. The Morgan fingerprint density at radius 1 is 1.18 bits per heavy atom. The molecule has 0 aliphatic heterocycles. The van der Waals surface area contributed by atoms with Crippen LogP contribution in [0.5, 0.6) is 5.75 Å². The number of hydrogen-bond donors (Lipinski definition) is 1. The number of amides is 1. The van der Waals surface area contributed by atoms with E-state index in [0.29, 0.717) is 34.5 Å². The van der Waals surface area contributed by atoms with Gasteiger partial charge in [0.25, 0.3) is 5.91 Å². The fourth-order valence-corrected chi connectivity index (χ4v) is 3.04. The molecule has 0 atom stereocenters. The molecule has 0 aliphatic rings. The van der Waals surface area contributed by atoms with Gasteiger partial charge in [-0.25, -0.2) is 0 Å². The molecule has 1 amide bonds. The van der Waals surface area contributed by atoms with Gasteiger partial charge in [0.15, 0.2) is 0 Å². The molecule has 1 heterocycles. The monoisotopic (exact) mass is 417 g/mol. The van der Waals surface area contributed by atoms with Crippen LogP contribution in [0.2, 0.25) is 10.0 Å². The highest BCUT2D eigenvalue weighted by Gasteiger charge is 2.08. The molecule has 0 aliphatic carbocycles. The van der Waals surface area contributed by atoms with Crippen molar-refractivity contribution in [1.82, 2.24) is 15.1 Å². The van der Waals surface area contributed by atoms with Gasteiger partial charge in [-0.15, -0.1) is 0 Å². The van der Waals surface area contributed by atoms with Gasteiger partial charge >= 0.3 is 0 Å². The van der Waals surface area contributed by atoms with Crippen LogP contribution in [0.25, 0.3) is 0 Å². The van der Waals surface area contributed by atoms with Gasteiger partial charge in [0.1, 0.15) is 17.4 Å². The second kappa shape index (κ2) is 9.62. The first-order valence-corrected chi connectivity index (χ1v) is 9.72. The molecule has 0 bridgehead atoms. The zero-order valence-electron chi connectivity index (χ0n) is 15.5. The predicted octanol–water partition coefficient (Wildman–Crippen LogP) is 4.90. The van der Waals surface area contributed by atoms with Crippen molar-refractivity contribution in [3.05, 3.63) is 81.6 Å². The Hall–Kier alpha value is -2.50. The Morgan fingerprint density at radius 2 is 2.00 bits per heavy atom. The molecule has 1 aromatic heterocycles. The number of nitrogens with one attached hydrogen (secondary N) is 1. The number of hydrogen-bond acceptors (Lipinski definition) is 3. The molecule has 0 radical (unpaired) electrons. The van der Waals surface area contributed by atoms with Gasteiger partial charge in [-0.1, -0.05) is 41.4 Å². The number of aromatic nitrogens is 2. The van der Waals surface area contributed by atoms with E-state index in [4.69, 9.17) is 27.9 Å². The molecule has 0 fully saturated rings. The summed E-state index contributed by atoms with van der Waals surface area (Å²) in [6, 6.07) is 14.5. The topological polar surface area (TPSA) is 56.2 Å². The lowest BCUT2D eigenvalue weighted by molar-refractivity contribution is 0.0952. The van der Waals surface area contributed by atoms with Crippen LogP contribution < -0.4 is 10.1 Å². The van der Waals surface area contributed by atoms with E-state index in [2.05, 4.69) is 10.4 Å². The van der Waals surface area contributed by atoms with Crippen LogP contribution in [0.4, 0.5) is 0 Å². The highest BCUT2D eigenvalue weighted by molar-refractivity contribution is 6.42. The predicted molar refractivity (Wildman–Crippen MR) is 111 cm³/mol. The van der Waals surface area contributed by atoms with Crippen LogP contribution in [0.1, 0.15) is 28.0 Å². The highest BCUT2D eigenvalue weighted by Crippen LogP contribution is 2.31. The lowest BCUT2D eigenvalue weighted by atomic mass is 10.1. The van der Waals surface area contributed by atoms with Crippen LogP contribution in [0.3, 0.4) is 0 Å². The van der Waals surface area contributed by atoms with Gasteiger partial charge < -0.3 is 10.1 Å². The molecule has 5 nitrogen and oxygen atoms in total. The average molecular weight is 418 g/mol. The smallest absolute Gasteiger partial charge is 0.251 e. The van der Waals surface area contributed by atoms with Crippen LogP contribution in [0.15, 0.2) is 54.7 Å². The maximum atomic E-state index is 12.4. The van der Waals surface area contributed by atoms with Crippen LogP contribution in [0, 0.1) is 6.92 Å². The van der Waals surface area contributed by atoms with Crippen molar-refractivity contribution in [2.75, 3.05) is 6.54 Å². The molecule has 3 aromatic rings. The molecule has 0 unspecified atom stereocenters. The molecule has 3 rings (SSSR count). The Bertz CT molecular complexity index is 956. The molecular formula is C21H21Cl2N3O2. The zero-order valence-corrected chi connectivity index (χ0v) is 17.0. The number of ether oxygens (including phenoxy) is 1. The van der Waals surface area contributed by atoms with Crippen molar-refractivity contribution >= 4 is 29.1 Å². The molecule has 146 valence electrons. The van der Waals surface area contributed by atoms with Gasteiger partial charge in [-0.2, -0.15) is 5.10 Å². The zero-order chi connectivity index (χ0) is 19.9. The summed E-state index contributed by atoms with van der Waals surface area (Å²) in [6.07, 6.45) is 2.75. The minimum atomic E-state index is -0.112. The van der Waals surface area contributed by atoms with Crippen molar-refractivity contribution in [3.8, 4) is 5.75 Å². The van der Waals surface area contributed by atoms with E-state index < -0.39 is 0 Å². The summed E-state index contributed by atoms with van der Waals surface area (Å²) in [5.41, 5.74) is 2.45. The second-order valence-corrected chi connectivity index (χ2v) is 7.16. The van der Waals surface area contributed by atoms with Crippen LogP contribution in [-0.2, 0) is 13.2 Å². The molecule has 0 saturated carbocycles. The normalized spacial score (nSPS) is 10.7. The summed E-state index contributed by atoms with van der Waals surface area (Å²) in [6.45, 7) is 3.59. The molecule has 2 aromatic carbocycles. The standard InChI is InChI=1S/C21H21Cl2N3O2/c1-15-9-12-26(25-15)11-4-10-24-21(27)17-6-2-5-16(13-17)14-28-19-8-3-7-18(22)20(19)23/h2-3,5-9,12-13H,4,10-11,14H2,1H3,(H,24,27). The van der Waals surface area contributed by atoms with Gasteiger partial charge in [0, 0.05) is 24.8 Å². The van der Waals surface area contributed by atoms with E-state index in [0.717, 1.165) is 24.2 Å². The van der Waals surface area contributed by atoms with E-state index in [1.165, 1.54) is 0 Å². The summed E-state index contributed by atoms with van der Waals surface area (Å²) in [5, 5.41) is 8.08. The van der Waals surface area contributed by atoms with Gasteiger partial charge in [0.2, 0.25) is 0 Å². The molecular weight excluding hydrogens is 397 g/mol. The maximum absolute atomic E-state index is 12.4. The number of nitrogens with zero attached hydrogens (tertiary/aromatic N) is 2. The van der Waals surface area contributed by atoms with Crippen LogP contribution in [-0.4, -0.2) is 22.2 Å². The van der Waals surface area contributed by atoms with Crippen molar-refractivity contribution in [2.24, 2.45) is 0 Å². The third-order valence-electron chi connectivity index (χ3n) is 4.12. The number of halogens is 2. The lowest BCUT2D eigenvalue weighted by Gasteiger charge is -2.10. The molecule has 0 spiro atoms. The first-order chi connectivity index (χ1) is 13.5.